The molecule has 1 aliphatic rings. The monoisotopic (exact) mass is 402 g/mol. The highest BCUT2D eigenvalue weighted by atomic mass is 32.2. The zero-order valence-electron chi connectivity index (χ0n) is 15.8. The van der Waals surface area contributed by atoms with Gasteiger partial charge in [0.05, 0.1) is 17.0 Å². The van der Waals surface area contributed by atoms with Crippen LogP contribution in [0.5, 0.6) is 0 Å². The Morgan fingerprint density at radius 3 is 2.07 bits per heavy atom. The first-order valence-corrected chi connectivity index (χ1v) is 10.2. The third-order valence-corrected chi connectivity index (χ3v) is 6.70. The van der Waals surface area contributed by atoms with Crippen LogP contribution < -0.4 is 0 Å². The van der Waals surface area contributed by atoms with E-state index in [0.29, 0.717) is 19.4 Å². The van der Waals surface area contributed by atoms with E-state index in [1.54, 1.807) is 0 Å². The highest BCUT2D eigenvalue weighted by Crippen LogP contribution is 2.32. The van der Waals surface area contributed by atoms with Crippen molar-refractivity contribution < 1.29 is 21.6 Å². The Morgan fingerprint density at radius 1 is 1.04 bits per heavy atom. The molecule has 27 heavy (non-hydrogen) atoms. The molecular weight excluding hydrogens is 377 g/mol. The summed E-state index contributed by atoms with van der Waals surface area (Å²) in [6.07, 6.45) is -1.47. The summed E-state index contributed by atoms with van der Waals surface area (Å²) in [5.41, 5.74) is -0.860. The van der Waals surface area contributed by atoms with Gasteiger partial charge in [0, 0.05) is 19.0 Å². The Balaban J connectivity index is 2.02. The molecule has 2 rings (SSSR count). The van der Waals surface area contributed by atoms with Crippen molar-refractivity contribution in [3.63, 3.8) is 0 Å². The van der Waals surface area contributed by atoms with E-state index >= 15 is 0 Å². The lowest BCUT2D eigenvalue weighted by Crippen LogP contribution is -2.39. The van der Waals surface area contributed by atoms with Crippen LogP contribution in [-0.4, -0.2) is 51.4 Å². The highest BCUT2D eigenvalue weighted by Gasteiger charge is 2.33. The molecule has 0 unspecified atom stereocenters. The first-order chi connectivity index (χ1) is 12.5. The first kappa shape index (κ1) is 21.7. The Kier molecular flexibility index (Phi) is 6.95. The van der Waals surface area contributed by atoms with E-state index in [-0.39, 0.29) is 16.9 Å². The summed E-state index contributed by atoms with van der Waals surface area (Å²) in [6, 6.07) is 3.49. The predicted octanol–water partition coefficient (Wildman–Crippen LogP) is 3.45. The molecule has 0 heterocycles. The number of halogens is 3. The molecule has 0 spiro atoms. The number of sulfonamides is 1. The lowest BCUT2D eigenvalue weighted by atomic mass is 9.86. The van der Waals surface area contributed by atoms with Crippen molar-refractivity contribution in [1.82, 2.24) is 9.21 Å². The number of benzene rings is 1. The molecule has 1 aromatic carbocycles. The van der Waals surface area contributed by atoms with Crippen LogP contribution in [0.4, 0.5) is 13.2 Å². The highest BCUT2D eigenvalue weighted by molar-refractivity contribution is 7.89. The van der Waals surface area contributed by atoms with Gasteiger partial charge in [0.15, 0.2) is 0 Å². The van der Waals surface area contributed by atoms with Crippen LogP contribution in [0.3, 0.4) is 0 Å². The number of nitrogens with zero attached hydrogens (tertiary/aromatic N) is 2. The van der Waals surface area contributed by atoms with Crippen LogP contribution >= 0.6 is 0 Å². The summed E-state index contributed by atoms with van der Waals surface area (Å²) >= 11 is 0. The van der Waals surface area contributed by atoms with Crippen molar-refractivity contribution in [2.24, 2.45) is 5.92 Å². The van der Waals surface area contributed by atoms with E-state index in [4.69, 9.17) is 0 Å². The molecule has 0 atom stereocenters. The third-order valence-electron chi connectivity index (χ3n) is 4.77. The molecule has 150 valence electrons. The minimum absolute atomic E-state index is 0.120. The average molecular weight is 402 g/mol. The van der Waals surface area contributed by atoms with E-state index in [1.165, 1.54) is 11.4 Å². The topological polar surface area (TPSA) is 40.6 Å². The molecule has 1 fully saturated rings. The maximum absolute atomic E-state index is 12.7. The van der Waals surface area contributed by atoms with Gasteiger partial charge in [-0.1, -0.05) is 11.8 Å². The molecule has 4 nitrogen and oxygen atoms in total. The van der Waals surface area contributed by atoms with E-state index in [1.807, 2.05) is 19.0 Å². The van der Waals surface area contributed by atoms with Crippen molar-refractivity contribution in [2.75, 3.05) is 27.7 Å². The molecule has 0 N–H and O–H groups in total. The molecule has 1 saturated carbocycles. The van der Waals surface area contributed by atoms with Crippen molar-refractivity contribution in [1.29, 1.82) is 0 Å². The smallest absolute Gasteiger partial charge is 0.299 e. The van der Waals surface area contributed by atoms with E-state index in [0.717, 1.165) is 37.1 Å². The largest absolute Gasteiger partial charge is 0.416 e. The minimum atomic E-state index is -4.49. The van der Waals surface area contributed by atoms with Gasteiger partial charge < -0.3 is 0 Å². The number of hydrogen-bond acceptors (Lipinski definition) is 3. The molecule has 1 aromatic rings. The lowest BCUT2D eigenvalue weighted by Gasteiger charge is -2.32. The summed E-state index contributed by atoms with van der Waals surface area (Å²) in [6.45, 7) is 0.697. The molecule has 0 aromatic heterocycles. The fraction of sp³-hybridized carbons (Fsp3) is 0.579. The van der Waals surface area contributed by atoms with Crippen LogP contribution in [0.2, 0.25) is 0 Å². The van der Waals surface area contributed by atoms with Crippen LogP contribution in [0, 0.1) is 17.8 Å². The van der Waals surface area contributed by atoms with Crippen LogP contribution in [0.1, 0.15) is 31.2 Å². The van der Waals surface area contributed by atoms with Crippen LogP contribution in [0.15, 0.2) is 29.2 Å². The average Bonchev–Trinajstić information content (AvgIpc) is 2.61. The van der Waals surface area contributed by atoms with Crippen molar-refractivity contribution in [3.8, 4) is 11.8 Å². The third kappa shape index (κ3) is 5.71. The summed E-state index contributed by atoms with van der Waals surface area (Å²) in [5, 5.41) is 0. The number of alkyl halides is 3. The second-order valence-corrected chi connectivity index (χ2v) is 9.11. The maximum atomic E-state index is 12.7. The van der Waals surface area contributed by atoms with Gasteiger partial charge in [-0.15, -0.1) is 0 Å². The first-order valence-electron chi connectivity index (χ1n) is 8.80. The lowest BCUT2D eigenvalue weighted by molar-refractivity contribution is -0.137. The Labute approximate surface area is 159 Å². The van der Waals surface area contributed by atoms with E-state index in [2.05, 4.69) is 11.8 Å². The second kappa shape index (κ2) is 8.63. The molecule has 8 heteroatoms. The van der Waals surface area contributed by atoms with Crippen molar-refractivity contribution >= 4 is 10.0 Å². The van der Waals surface area contributed by atoms with E-state index < -0.39 is 21.8 Å². The summed E-state index contributed by atoms with van der Waals surface area (Å²) < 4.78 is 64.7. The predicted molar refractivity (Wildman–Crippen MR) is 98.5 cm³/mol. The van der Waals surface area contributed by atoms with Gasteiger partial charge >= 0.3 is 6.18 Å². The maximum Gasteiger partial charge on any atom is 0.416 e. The molecule has 0 amide bonds. The number of rotatable bonds is 4. The summed E-state index contributed by atoms with van der Waals surface area (Å²) in [4.78, 5) is 1.87. The van der Waals surface area contributed by atoms with Crippen LogP contribution in [-0.2, 0) is 16.2 Å². The molecule has 0 bridgehead atoms. The van der Waals surface area contributed by atoms with Gasteiger partial charge in [-0.2, -0.15) is 17.5 Å². The fourth-order valence-corrected chi connectivity index (χ4v) is 4.53. The summed E-state index contributed by atoms with van der Waals surface area (Å²) in [5.74, 6) is 6.63. The van der Waals surface area contributed by atoms with Crippen LogP contribution in [0.25, 0.3) is 0 Å². The molecule has 0 aliphatic heterocycles. The van der Waals surface area contributed by atoms with Gasteiger partial charge in [0.25, 0.3) is 0 Å². The zero-order valence-corrected chi connectivity index (χ0v) is 16.6. The Hall–Kier alpha value is -1.56. The normalized spacial score (nSPS) is 21.2. The van der Waals surface area contributed by atoms with E-state index in [9.17, 15) is 21.6 Å². The summed E-state index contributed by atoms with van der Waals surface area (Å²) in [7, 11) is 1.57. The van der Waals surface area contributed by atoms with Crippen molar-refractivity contribution in [2.45, 2.75) is 42.8 Å². The van der Waals surface area contributed by atoms with Gasteiger partial charge in [0.1, 0.15) is 0 Å². The molecule has 0 radical (unpaired) electrons. The van der Waals surface area contributed by atoms with Gasteiger partial charge in [-0.3, -0.25) is 4.90 Å². The van der Waals surface area contributed by atoms with Gasteiger partial charge in [-0.25, -0.2) is 8.42 Å². The zero-order chi connectivity index (χ0) is 20.2. The standard InChI is InChI=1S/C19H25F3N2O2S/c1-23(2)14-4-5-15-6-10-17(11-7-15)24(3)27(25,26)18-12-8-16(9-13-18)19(20,21)22/h8-9,12-13,15,17H,6-7,10-11,14H2,1-3H3. The molecule has 1 aliphatic carbocycles. The molecule has 0 saturated heterocycles. The Bertz CT molecular complexity index is 785. The quantitative estimate of drug-likeness (QED) is 0.725. The van der Waals surface area contributed by atoms with Gasteiger partial charge in [-0.05, 0) is 64.0 Å². The number of hydrogen-bond donors (Lipinski definition) is 0. The van der Waals surface area contributed by atoms with Gasteiger partial charge in [0.2, 0.25) is 10.0 Å². The van der Waals surface area contributed by atoms with Crippen molar-refractivity contribution in [3.05, 3.63) is 29.8 Å². The second-order valence-electron chi connectivity index (χ2n) is 7.11. The SMILES string of the molecule is CN(C)CC#CC1CCC(N(C)S(=O)(=O)c2ccc(C(F)(F)F)cc2)CC1. The fourth-order valence-electron chi connectivity index (χ4n) is 3.11. The Morgan fingerprint density at radius 2 is 1.59 bits per heavy atom. The molecular formula is C19H25F3N2O2S. The minimum Gasteiger partial charge on any atom is -0.299 e.